The Morgan fingerprint density at radius 1 is 1.53 bits per heavy atom. The van der Waals surface area contributed by atoms with Gasteiger partial charge in [0.25, 0.3) is 0 Å². The van der Waals surface area contributed by atoms with Crippen LogP contribution in [0, 0.1) is 5.41 Å². The molecule has 0 amide bonds. The molecule has 3 heteroatoms. The topological polar surface area (TPSA) is 30.5 Å². The third-order valence-corrected chi connectivity index (χ3v) is 3.52. The highest BCUT2D eigenvalue weighted by atomic mass is 16.5. The van der Waals surface area contributed by atoms with Crippen LogP contribution in [0.2, 0.25) is 0 Å². The molecule has 1 fully saturated rings. The van der Waals surface area contributed by atoms with Crippen LogP contribution in [-0.4, -0.2) is 39.0 Å². The van der Waals surface area contributed by atoms with Crippen LogP contribution in [0.5, 0.6) is 0 Å². The van der Waals surface area contributed by atoms with Gasteiger partial charge in [0.1, 0.15) is 0 Å². The van der Waals surface area contributed by atoms with Crippen LogP contribution in [0.3, 0.4) is 0 Å². The largest absolute Gasteiger partial charge is 0.383 e. The summed E-state index contributed by atoms with van der Waals surface area (Å²) >= 11 is 0. The summed E-state index contributed by atoms with van der Waals surface area (Å²) in [4.78, 5) is 0. The summed E-state index contributed by atoms with van der Waals surface area (Å²) < 4.78 is 10.9. The van der Waals surface area contributed by atoms with Gasteiger partial charge >= 0.3 is 0 Å². The third-order valence-electron chi connectivity index (χ3n) is 3.52. The van der Waals surface area contributed by atoms with E-state index in [4.69, 9.17) is 9.47 Å². The Hall–Kier alpha value is -0.380. The van der Waals surface area contributed by atoms with Crippen molar-refractivity contribution in [2.24, 2.45) is 5.41 Å². The van der Waals surface area contributed by atoms with Gasteiger partial charge in [-0.25, -0.2) is 0 Å². The molecular formula is C14H27NO2. The molecule has 1 heterocycles. The molecule has 1 saturated heterocycles. The Balaban J connectivity index is 2.31. The average Bonchev–Trinajstić information content (AvgIpc) is 2.70. The molecule has 0 bridgehead atoms. The molecule has 0 aromatic rings. The summed E-state index contributed by atoms with van der Waals surface area (Å²) in [5.41, 5.74) is 0.114. The first kappa shape index (κ1) is 14.7. The van der Waals surface area contributed by atoms with Gasteiger partial charge in [0.05, 0.1) is 18.8 Å². The second kappa shape index (κ2) is 7.14. The van der Waals surface area contributed by atoms with Crippen LogP contribution < -0.4 is 5.32 Å². The van der Waals surface area contributed by atoms with Gasteiger partial charge in [0.15, 0.2) is 0 Å². The molecule has 0 spiro atoms. The maximum atomic E-state index is 5.89. The fraction of sp³-hybridized carbons (Fsp3) is 0.857. The van der Waals surface area contributed by atoms with Crippen LogP contribution in [0.1, 0.15) is 33.1 Å². The van der Waals surface area contributed by atoms with Gasteiger partial charge in [-0.3, -0.25) is 0 Å². The molecule has 1 aliphatic heterocycles. The first-order valence-corrected chi connectivity index (χ1v) is 6.58. The van der Waals surface area contributed by atoms with Gasteiger partial charge < -0.3 is 14.8 Å². The number of ether oxygens (including phenoxy) is 2. The first-order chi connectivity index (χ1) is 8.09. The Morgan fingerprint density at radius 2 is 2.29 bits per heavy atom. The molecule has 0 aromatic carbocycles. The number of hydrogen-bond donors (Lipinski definition) is 1. The summed E-state index contributed by atoms with van der Waals surface area (Å²) in [6.45, 7) is 10.9. The van der Waals surface area contributed by atoms with Gasteiger partial charge in [0, 0.05) is 25.6 Å². The quantitative estimate of drug-likeness (QED) is 0.523. The van der Waals surface area contributed by atoms with E-state index in [1.807, 2.05) is 0 Å². The summed E-state index contributed by atoms with van der Waals surface area (Å²) in [5, 5.41) is 3.41. The normalized spacial score (nSPS) is 27.9. The highest BCUT2D eigenvalue weighted by molar-refractivity contribution is 4.95. The molecule has 3 unspecified atom stereocenters. The molecule has 1 aliphatic rings. The second-order valence-electron chi connectivity index (χ2n) is 5.38. The van der Waals surface area contributed by atoms with E-state index in [-0.39, 0.29) is 5.41 Å². The standard InChI is InChI=1S/C14H27NO2/c1-5-14(3,11-15-8-9-16-4)10-13-7-6-12(2)17-13/h5,12-13,15H,1,6-11H2,2-4H3. The van der Waals surface area contributed by atoms with Gasteiger partial charge in [-0.2, -0.15) is 0 Å². The molecular weight excluding hydrogens is 214 g/mol. The molecule has 3 nitrogen and oxygen atoms in total. The zero-order valence-corrected chi connectivity index (χ0v) is 11.5. The van der Waals surface area contributed by atoms with Crippen molar-refractivity contribution in [2.75, 3.05) is 26.8 Å². The maximum Gasteiger partial charge on any atom is 0.0588 e. The van der Waals surface area contributed by atoms with Crippen LogP contribution in [-0.2, 0) is 9.47 Å². The predicted molar refractivity (Wildman–Crippen MR) is 71.2 cm³/mol. The second-order valence-corrected chi connectivity index (χ2v) is 5.38. The summed E-state index contributed by atoms with van der Waals surface area (Å²) in [5.74, 6) is 0. The lowest BCUT2D eigenvalue weighted by Gasteiger charge is -2.29. The third kappa shape index (κ3) is 5.19. The zero-order chi connectivity index (χ0) is 12.7. The van der Waals surface area contributed by atoms with Crippen molar-refractivity contribution in [3.63, 3.8) is 0 Å². The molecule has 1 rings (SSSR count). The van der Waals surface area contributed by atoms with E-state index in [1.165, 1.54) is 12.8 Å². The van der Waals surface area contributed by atoms with Gasteiger partial charge in [-0.1, -0.05) is 13.0 Å². The van der Waals surface area contributed by atoms with E-state index >= 15 is 0 Å². The van der Waals surface area contributed by atoms with Crippen molar-refractivity contribution in [1.82, 2.24) is 5.32 Å². The lowest BCUT2D eigenvalue weighted by molar-refractivity contribution is 0.0331. The molecule has 0 saturated carbocycles. The summed E-state index contributed by atoms with van der Waals surface area (Å²) in [6.07, 6.45) is 6.31. The minimum absolute atomic E-state index is 0.114. The van der Waals surface area contributed by atoms with Crippen LogP contribution >= 0.6 is 0 Å². The van der Waals surface area contributed by atoms with Crippen molar-refractivity contribution in [3.05, 3.63) is 12.7 Å². The first-order valence-electron chi connectivity index (χ1n) is 6.58. The van der Waals surface area contributed by atoms with E-state index in [1.54, 1.807) is 7.11 Å². The highest BCUT2D eigenvalue weighted by Crippen LogP contribution is 2.31. The molecule has 17 heavy (non-hydrogen) atoms. The Bertz CT molecular complexity index is 232. The fourth-order valence-electron chi connectivity index (χ4n) is 2.33. The lowest BCUT2D eigenvalue weighted by atomic mass is 9.83. The van der Waals surface area contributed by atoms with E-state index in [9.17, 15) is 0 Å². The van der Waals surface area contributed by atoms with E-state index in [0.29, 0.717) is 12.2 Å². The molecule has 1 N–H and O–H groups in total. The SMILES string of the molecule is C=CC(C)(CNCCOC)CC1CCC(C)O1. The Kier molecular flexibility index (Phi) is 6.17. The van der Waals surface area contributed by atoms with Gasteiger partial charge in [0.2, 0.25) is 0 Å². The van der Waals surface area contributed by atoms with Crippen LogP contribution in [0.15, 0.2) is 12.7 Å². The van der Waals surface area contributed by atoms with E-state index < -0.39 is 0 Å². The molecule has 0 aliphatic carbocycles. The minimum atomic E-state index is 0.114. The van der Waals surface area contributed by atoms with Crippen molar-refractivity contribution < 1.29 is 9.47 Å². The Labute approximate surface area is 106 Å². The average molecular weight is 241 g/mol. The van der Waals surface area contributed by atoms with E-state index in [2.05, 4.69) is 31.8 Å². The summed E-state index contributed by atoms with van der Waals surface area (Å²) in [7, 11) is 1.72. The fourth-order valence-corrected chi connectivity index (χ4v) is 2.33. The number of rotatable bonds is 8. The number of nitrogens with one attached hydrogen (secondary N) is 1. The molecule has 100 valence electrons. The van der Waals surface area contributed by atoms with Crippen molar-refractivity contribution in [1.29, 1.82) is 0 Å². The van der Waals surface area contributed by atoms with Gasteiger partial charge in [-0.05, 0) is 26.2 Å². The van der Waals surface area contributed by atoms with E-state index in [0.717, 1.165) is 26.1 Å². The molecule has 0 radical (unpaired) electrons. The number of methoxy groups -OCH3 is 1. The number of hydrogen-bond acceptors (Lipinski definition) is 3. The van der Waals surface area contributed by atoms with Crippen LogP contribution in [0.25, 0.3) is 0 Å². The predicted octanol–water partition coefficient (Wildman–Crippen LogP) is 2.37. The minimum Gasteiger partial charge on any atom is -0.383 e. The van der Waals surface area contributed by atoms with Crippen molar-refractivity contribution in [3.8, 4) is 0 Å². The zero-order valence-electron chi connectivity index (χ0n) is 11.5. The smallest absolute Gasteiger partial charge is 0.0588 e. The monoisotopic (exact) mass is 241 g/mol. The maximum absolute atomic E-state index is 5.89. The molecule has 0 aromatic heterocycles. The van der Waals surface area contributed by atoms with Crippen LogP contribution in [0.4, 0.5) is 0 Å². The van der Waals surface area contributed by atoms with Crippen molar-refractivity contribution >= 4 is 0 Å². The molecule has 3 atom stereocenters. The lowest BCUT2D eigenvalue weighted by Crippen LogP contribution is -2.35. The summed E-state index contributed by atoms with van der Waals surface area (Å²) in [6, 6.07) is 0. The highest BCUT2D eigenvalue weighted by Gasteiger charge is 2.29. The Morgan fingerprint density at radius 3 is 2.82 bits per heavy atom. The van der Waals surface area contributed by atoms with Gasteiger partial charge in [-0.15, -0.1) is 6.58 Å². The van der Waals surface area contributed by atoms with Crippen molar-refractivity contribution in [2.45, 2.75) is 45.3 Å².